The summed E-state index contributed by atoms with van der Waals surface area (Å²) in [5.74, 6) is 2.32. The first-order valence-electron chi connectivity index (χ1n) is 8.30. The molecule has 0 aromatic carbocycles. The van der Waals surface area contributed by atoms with Gasteiger partial charge in [0.25, 0.3) is 0 Å². The van der Waals surface area contributed by atoms with Crippen LogP contribution in [0.3, 0.4) is 0 Å². The number of carbonyl (C=O) groups is 1. The molecule has 4 rings (SSSR count). The van der Waals surface area contributed by atoms with Gasteiger partial charge in [0.1, 0.15) is 0 Å². The number of hydrogen-bond acceptors (Lipinski definition) is 2. The van der Waals surface area contributed by atoms with E-state index in [0.29, 0.717) is 29.3 Å². The lowest BCUT2D eigenvalue weighted by Crippen LogP contribution is -2.60. The van der Waals surface area contributed by atoms with Gasteiger partial charge in [0.05, 0.1) is 0 Å². The van der Waals surface area contributed by atoms with Crippen molar-refractivity contribution in [1.29, 1.82) is 0 Å². The Labute approximate surface area is 115 Å². The zero-order chi connectivity index (χ0) is 12.9. The predicted molar refractivity (Wildman–Crippen MR) is 74.7 cm³/mol. The number of fused-ring (bicyclic) bond motifs is 2. The Morgan fingerprint density at radius 1 is 1.16 bits per heavy atom. The minimum atomic E-state index is 0.353. The van der Waals surface area contributed by atoms with Crippen LogP contribution in [0.4, 0.5) is 0 Å². The van der Waals surface area contributed by atoms with Crippen molar-refractivity contribution < 1.29 is 4.79 Å². The molecular formula is C16H26N2O. The summed E-state index contributed by atoms with van der Waals surface area (Å²) in [6.07, 6.45) is 11.5. The van der Waals surface area contributed by atoms with E-state index >= 15 is 0 Å². The van der Waals surface area contributed by atoms with Crippen molar-refractivity contribution in [2.45, 2.75) is 69.4 Å². The van der Waals surface area contributed by atoms with Crippen LogP contribution in [-0.4, -0.2) is 24.0 Å². The van der Waals surface area contributed by atoms with Gasteiger partial charge in [-0.05, 0) is 69.7 Å². The highest BCUT2D eigenvalue weighted by molar-refractivity contribution is 5.79. The van der Waals surface area contributed by atoms with Gasteiger partial charge in [0, 0.05) is 17.5 Å². The van der Waals surface area contributed by atoms with E-state index in [4.69, 9.17) is 0 Å². The van der Waals surface area contributed by atoms with Crippen LogP contribution in [0.5, 0.6) is 0 Å². The average molecular weight is 262 g/mol. The van der Waals surface area contributed by atoms with Crippen molar-refractivity contribution in [3.63, 3.8) is 0 Å². The first kappa shape index (κ1) is 12.2. The molecule has 1 heterocycles. The fourth-order valence-corrected chi connectivity index (χ4v) is 5.14. The molecule has 1 aliphatic heterocycles. The average Bonchev–Trinajstić information content (AvgIpc) is 2.99. The fraction of sp³-hybridized carbons (Fsp3) is 0.938. The van der Waals surface area contributed by atoms with E-state index in [-0.39, 0.29) is 0 Å². The Hall–Kier alpha value is -0.570. The van der Waals surface area contributed by atoms with Gasteiger partial charge in [-0.2, -0.15) is 0 Å². The normalized spacial score (nSPS) is 43.2. The Morgan fingerprint density at radius 3 is 2.68 bits per heavy atom. The van der Waals surface area contributed by atoms with Crippen LogP contribution in [0, 0.1) is 17.8 Å². The van der Waals surface area contributed by atoms with Crippen molar-refractivity contribution in [3.05, 3.63) is 0 Å². The lowest BCUT2D eigenvalue weighted by atomic mass is 9.70. The summed E-state index contributed by atoms with van der Waals surface area (Å²) >= 11 is 0. The molecule has 0 aromatic rings. The highest BCUT2D eigenvalue weighted by atomic mass is 16.2. The minimum Gasteiger partial charge on any atom is -0.353 e. The Morgan fingerprint density at radius 2 is 2.05 bits per heavy atom. The van der Waals surface area contributed by atoms with Crippen LogP contribution in [0.2, 0.25) is 0 Å². The van der Waals surface area contributed by atoms with Crippen LogP contribution in [0.15, 0.2) is 0 Å². The molecular weight excluding hydrogens is 236 g/mol. The third-order valence-electron chi connectivity index (χ3n) is 6.36. The molecule has 0 radical (unpaired) electrons. The van der Waals surface area contributed by atoms with Gasteiger partial charge in [-0.1, -0.05) is 6.42 Å². The van der Waals surface area contributed by atoms with Crippen LogP contribution in [-0.2, 0) is 4.79 Å². The van der Waals surface area contributed by atoms with Crippen molar-refractivity contribution in [2.75, 3.05) is 6.54 Å². The summed E-state index contributed by atoms with van der Waals surface area (Å²) in [5, 5.41) is 7.07. The van der Waals surface area contributed by atoms with E-state index in [9.17, 15) is 4.79 Å². The third-order valence-corrected chi connectivity index (χ3v) is 6.36. The van der Waals surface area contributed by atoms with Gasteiger partial charge >= 0.3 is 0 Å². The van der Waals surface area contributed by atoms with E-state index in [1.54, 1.807) is 0 Å². The largest absolute Gasteiger partial charge is 0.353 e. The van der Waals surface area contributed by atoms with Crippen molar-refractivity contribution in [3.8, 4) is 0 Å². The van der Waals surface area contributed by atoms with E-state index in [2.05, 4.69) is 10.6 Å². The number of hydrogen-bond donors (Lipinski definition) is 2. The molecule has 4 fully saturated rings. The van der Waals surface area contributed by atoms with Gasteiger partial charge in [-0.15, -0.1) is 0 Å². The van der Waals surface area contributed by atoms with Gasteiger partial charge in [-0.25, -0.2) is 0 Å². The standard InChI is InChI=1S/C16H26N2O/c19-15(14-9-11-2-3-12(14)8-11)18-13-4-7-17-16(10-13)5-1-6-16/h11-14,17H,1-10H2,(H,18,19). The molecule has 0 aromatic heterocycles. The highest BCUT2D eigenvalue weighted by Gasteiger charge is 2.45. The second-order valence-corrected chi connectivity index (χ2v) is 7.54. The number of amides is 1. The summed E-state index contributed by atoms with van der Waals surface area (Å²) in [6.45, 7) is 1.08. The van der Waals surface area contributed by atoms with Crippen molar-refractivity contribution in [2.24, 2.45) is 17.8 Å². The summed E-state index contributed by atoms with van der Waals surface area (Å²) in [7, 11) is 0. The predicted octanol–water partition coefficient (Wildman–Crippen LogP) is 2.21. The number of nitrogens with one attached hydrogen (secondary N) is 2. The van der Waals surface area contributed by atoms with Gasteiger partial charge < -0.3 is 10.6 Å². The Kier molecular flexibility index (Phi) is 2.87. The maximum Gasteiger partial charge on any atom is 0.223 e. The SMILES string of the molecule is O=C(NC1CCNC2(CCC2)C1)C1CC2CCC1C2. The molecule has 2 N–H and O–H groups in total. The number of piperidine rings is 1. The van der Waals surface area contributed by atoms with E-state index in [1.807, 2.05) is 0 Å². The zero-order valence-corrected chi connectivity index (χ0v) is 11.8. The topological polar surface area (TPSA) is 41.1 Å². The summed E-state index contributed by atoms with van der Waals surface area (Å²) < 4.78 is 0. The molecule has 4 aliphatic rings. The van der Waals surface area contributed by atoms with Crippen molar-refractivity contribution >= 4 is 5.91 Å². The first-order valence-corrected chi connectivity index (χ1v) is 8.30. The molecule has 4 unspecified atom stereocenters. The maximum absolute atomic E-state index is 12.5. The summed E-state index contributed by atoms with van der Waals surface area (Å²) in [4.78, 5) is 12.5. The molecule has 2 bridgehead atoms. The molecule has 1 spiro atoms. The minimum absolute atomic E-state index is 0.353. The van der Waals surface area contributed by atoms with Crippen LogP contribution in [0.25, 0.3) is 0 Å². The lowest BCUT2D eigenvalue weighted by Gasteiger charge is -2.48. The van der Waals surface area contributed by atoms with E-state index < -0.39 is 0 Å². The Bertz CT molecular complexity index is 377. The Balaban J connectivity index is 1.35. The molecule has 1 amide bonds. The van der Waals surface area contributed by atoms with Crippen LogP contribution < -0.4 is 10.6 Å². The quantitative estimate of drug-likeness (QED) is 0.801. The zero-order valence-electron chi connectivity index (χ0n) is 11.8. The lowest BCUT2D eigenvalue weighted by molar-refractivity contribution is -0.127. The fourth-order valence-electron chi connectivity index (χ4n) is 5.14. The monoisotopic (exact) mass is 262 g/mol. The van der Waals surface area contributed by atoms with E-state index in [0.717, 1.165) is 18.9 Å². The smallest absolute Gasteiger partial charge is 0.223 e. The molecule has 3 saturated carbocycles. The number of carbonyl (C=O) groups excluding carboxylic acids is 1. The second-order valence-electron chi connectivity index (χ2n) is 7.54. The van der Waals surface area contributed by atoms with E-state index in [1.165, 1.54) is 51.4 Å². The molecule has 1 saturated heterocycles. The molecule has 19 heavy (non-hydrogen) atoms. The third kappa shape index (κ3) is 2.10. The molecule has 3 nitrogen and oxygen atoms in total. The summed E-state index contributed by atoms with van der Waals surface area (Å²) in [5.41, 5.74) is 0.394. The molecule has 4 atom stereocenters. The molecule has 106 valence electrons. The highest BCUT2D eigenvalue weighted by Crippen LogP contribution is 2.48. The van der Waals surface area contributed by atoms with Gasteiger partial charge in [0.15, 0.2) is 0 Å². The van der Waals surface area contributed by atoms with Gasteiger partial charge in [0.2, 0.25) is 5.91 Å². The van der Waals surface area contributed by atoms with Crippen LogP contribution >= 0.6 is 0 Å². The molecule has 3 aliphatic carbocycles. The second kappa shape index (κ2) is 4.47. The van der Waals surface area contributed by atoms with Crippen LogP contribution in [0.1, 0.15) is 57.8 Å². The summed E-state index contributed by atoms with van der Waals surface area (Å²) in [6, 6.07) is 0.438. The number of rotatable bonds is 2. The van der Waals surface area contributed by atoms with Gasteiger partial charge in [-0.3, -0.25) is 4.79 Å². The molecule has 3 heteroatoms. The van der Waals surface area contributed by atoms with Crippen molar-refractivity contribution in [1.82, 2.24) is 10.6 Å². The first-order chi connectivity index (χ1) is 9.24. The maximum atomic E-state index is 12.5.